The molecule has 0 spiro atoms. The van der Waals surface area contributed by atoms with Crippen molar-refractivity contribution >= 4 is 58.2 Å². The smallest absolute Gasteiger partial charge is 0.327 e. The zero-order valence-corrected chi connectivity index (χ0v) is 28.4. The van der Waals surface area contributed by atoms with Crippen LogP contribution in [0.2, 0.25) is 0 Å². The number of hydrogen-bond donors (Lipinski definition) is 8. The van der Waals surface area contributed by atoms with Crippen molar-refractivity contribution in [3.63, 3.8) is 0 Å². The van der Waals surface area contributed by atoms with Crippen molar-refractivity contribution in [2.24, 2.45) is 11.8 Å². The van der Waals surface area contributed by atoms with Gasteiger partial charge in [0, 0.05) is 29.0 Å². The fourth-order valence-electron chi connectivity index (χ4n) is 6.03. The fourth-order valence-corrected chi connectivity index (χ4v) is 7.14. The summed E-state index contributed by atoms with van der Waals surface area (Å²) >= 11 is 1.11. The molecule has 6 atom stereocenters. The van der Waals surface area contributed by atoms with E-state index in [1.165, 1.54) is 13.8 Å². The Morgan fingerprint density at radius 2 is 1.62 bits per heavy atom. The van der Waals surface area contributed by atoms with Crippen LogP contribution in [0.25, 0.3) is 10.9 Å². The second-order valence-electron chi connectivity index (χ2n) is 13.1. The second-order valence-corrected chi connectivity index (χ2v) is 14.1. The number of nitrogens with one attached hydrogen (secondary N) is 6. The molecule has 1 aromatic carbocycles. The van der Waals surface area contributed by atoms with Crippen LogP contribution in [-0.4, -0.2) is 92.8 Å². The lowest BCUT2D eigenvalue weighted by molar-refractivity contribution is -0.142. The number of carboxylic acid groups (broad SMARTS) is 1. The second kappa shape index (κ2) is 16.3. The van der Waals surface area contributed by atoms with Crippen molar-refractivity contribution in [2.45, 2.75) is 108 Å². The zero-order valence-electron chi connectivity index (χ0n) is 27.6. The molecule has 0 radical (unpaired) electrons. The van der Waals surface area contributed by atoms with Crippen molar-refractivity contribution in [1.29, 1.82) is 0 Å². The first-order valence-electron chi connectivity index (χ1n) is 16.4. The molecule has 1 fully saturated rings. The molecule has 262 valence electrons. The van der Waals surface area contributed by atoms with E-state index in [9.17, 15) is 39.0 Å². The number of fused-ring (bicyclic) bond motifs is 3. The quantitative estimate of drug-likeness (QED) is 0.217. The Morgan fingerprint density at radius 1 is 0.938 bits per heavy atom. The molecule has 0 bridgehead atoms. The molecule has 14 nitrogen and oxygen atoms in total. The van der Waals surface area contributed by atoms with E-state index in [4.69, 9.17) is 0 Å². The molecular formula is C33H46N6O8S. The van der Waals surface area contributed by atoms with Crippen LogP contribution in [0.1, 0.15) is 65.4 Å². The first-order valence-corrected chi connectivity index (χ1v) is 17.4. The first kappa shape index (κ1) is 36.7. The summed E-state index contributed by atoms with van der Waals surface area (Å²) < 4.78 is 0. The highest BCUT2D eigenvalue weighted by atomic mass is 32.2. The number of benzene rings is 1. The van der Waals surface area contributed by atoms with Gasteiger partial charge in [0.2, 0.25) is 29.5 Å². The Labute approximate surface area is 283 Å². The summed E-state index contributed by atoms with van der Waals surface area (Å²) in [6, 6.07) is 1.08. The van der Waals surface area contributed by atoms with Crippen LogP contribution in [0.15, 0.2) is 29.3 Å². The number of carbonyl (C=O) groups excluding carboxylic acids is 5. The molecule has 0 unspecified atom stereocenters. The van der Waals surface area contributed by atoms with Crippen molar-refractivity contribution < 1.29 is 39.0 Å². The Balaban J connectivity index is 1.77. The molecule has 2 aliphatic rings. The van der Waals surface area contributed by atoms with Gasteiger partial charge in [0.25, 0.3) is 0 Å². The lowest BCUT2D eigenvalue weighted by Crippen LogP contribution is -2.60. The van der Waals surface area contributed by atoms with E-state index < -0.39 is 65.9 Å². The van der Waals surface area contributed by atoms with Crippen LogP contribution in [0.3, 0.4) is 0 Å². The van der Waals surface area contributed by atoms with Gasteiger partial charge in [-0.05, 0) is 50.7 Å². The van der Waals surface area contributed by atoms with Gasteiger partial charge in [-0.2, -0.15) is 0 Å². The van der Waals surface area contributed by atoms with Gasteiger partial charge in [-0.1, -0.05) is 44.9 Å². The van der Waals surface area contributed by atoms with E-state index in [1.807, 2.05) is 38.1 Å². The van der Waals surface area contributed by atoms with Gasteiger partial charge < -0.3 is 41.8 Å². The summed E-state index contributed by atoms with van der Waals surface area (Å²) in [4.78, 5) is 82.7. The van der Waals surface area contributed by atoms with Crippen LogP contribution >= 0.6 is 11.8 Å². The zero-order chi connectivity index (χ0) is 35.1. The van der Waals surface area contributed by atoms with E-state index in [-0.39, 0.29) is 36.3 Å². The van der Waals surface area contributed by atoms with Gasteiger partial charge in [-0.25, -0.2) is 4.79 Å². The van der Waals surface area contributed by atoms with E-state index in [1.54, 1.807) is 0 Å². The van der Waals surface area contributed by atoms with Crippen LogP contribution in [0, 0.1) is 11.8 Å². The molecule has 0 saturated heterocycles. The molecular weight excluding hydrogens is 640 g/mol. The topological polar surface area (TPSA) is 219 Å². The summed E-state index contributed by atoms with van der Waals surface area (Å²) in [5.74, 6) is -4.93. The number of aliphatic hydroxyl groups excluding tert-OH is 1. The lowest BCUT2D eigenvalue weighted by atomic mass is 9.99. The SMILES string of the molecule is CC(C)C[C@@H]1NC(=O)[C@@H](NC(=O)C2CCCC2)Cc2c([nH]c3ccccc23)SC[C@@H](C(=O)O)NC(=O)[C@H]([C@@H](C)O)NC(=O)[C@@H](C)NC1=O. The number of aromatic amines is 1. The third kappa shape index (κ3) is 9.28. The normalized spacial score (nSPS) is 26.0. The highest BCUT2D eigenvalue weighted by Gasteiger charge is 2.35. The summed E-state index contributed by atoms with van der Waals surface area (Å²) in [6.45, 7) is 6.42. The van der Waals surface area contributed by atoms with Crippen LogP contribution in [0.5, 0.6) is 0 Å². The summed E-state index contributed by atoms with van der Waals surface area (Å²) in [6.07, 6.45) is 2.13. The predicted octanol–water partition coefficient (Wildman–Crippen LogP) is 0.962. The van der Waals surface area contributed by atoms with Gasteiger partial charge in [0.15, 0.2) is 0 Å². The van der Waals surface area contributed by atoms with Crippen LogP contribution in [0.4, 0.5) is 0 Å². The van der Waals surface area contributed by atoms with Crippen LogP contribution < -0.4 is 26.6 Å². The van der Waals surface area contributed by atoms with Gasteiger partial charge in [-0.15, -0.1) is 11.8 Å². The molecule has 15 heteroatoms. The molecule has 1 aliphatic carbocycles. The molecule has 2 heterocycles. The number of carboxylic acids is 1. The number of aromatic nitrogens is 1. The van der Waals surface area contributed by atoms with E-state index in [0.29, 0.717) is 23.4 Å². The van der Waals surface area contributed by atoms with Crippen molar-refractivity contribution in [3.8, 4) is 0 Å². The van der Waals surface area contributed by atoms with Crippen molar-refractivity contribution in [3.05, 3.63) is 29.8 Å². The molecule has 2 aromatic rings. The maximum atomic E-state index is 14.0. The summed E-state index contributed by atoms with van der Waals surface area (Å²) in [5.41, 5.74) is 1.38. The van der Waals surface area contributed by atoms with Gasteiger partial charge in [-0.3, -0.25) is 24.0 Å². The molecule has 48 heavy (non-hydrogen) atoms. The average Bonchev–Trinajstić information content (AvgIpc) is 3.68. The highest BCUT2D eigenvalue weighted by Crippen LogP contribution is 2.32. The van der Waals surface area contributed by atoms with Crippen molar-refractivity contribution in [2.75, 3.05) is 5.75 Å². The van der Waals surface area contributed by atoms with E-state index in [2.05, 4.69) is 31.6 Å². The largest absolute Gasteiger partial charge is 0.480 e. The van der Waals surface area contributed by atoms with Crippen LogP contribution in [-0.2, 0) is 35.2 Å². The minimum Gasteiger partial charge on any atom is -0.480 e. The molecule has 8 N–H and O–H groups in total. The number of rotatable bonds is 6. The number of aliphatic hydroxyl groups is 1. The van der Waals surface area contributed by atoms with E-state index >= 15 is 0 Å². The highest BCUT2D eigenvalue weighted by molar-refractivity contribution is 7.99. The van der Waals surface area contributed by atoms with Crippen molar-refractivity contribution in [1.82, 2.24) is 31.6 Å². The fraction of sp³-hybridized carbons (Fsp3) is 0.576. The number of carbonyl (C=O) groups is 6. The maximum absolute atomic E-state index is 14.0. The maximum Gasteiger partial charge on any atom is 0.327 e. The first-order chi connectivity index (χ1) is 22.7. The molecule has 1 saturated carbocycles. The third-order valence-corrected chi connectivity index (χ3v) is 9.84. The number of H-pyrrole nitrogens is 1. The molecule has 1 aliphatic heterocycles. The number of amides is 5. The van der Waals surface area contributed by atoms with Gasteiger partial charge in [0.05, 0.1) is 11.1 Å². The Hall–Kier alpha value is -4.11. The predicted molar refractivity (Wildman–Crippen MR) is 179 cm³/mol. The Kier molecular flexibility index (Phi) is 12.5. The molecule has 4 rings (SSSR count). The van der Waals surface area contributed by atoms with E-state index in [0.717, 1.165) is 35.5 Å². The van der Waals surface area contributed by atoms with Gasteiger partial charge in [0.1, 0.15) is 30.2 Å². The minimum absolute atomic E-state index is 0.0274. The molecule has 5 amide bonds. The average molecular weight is 687 g/mol. The Morgan fingerprint density at radius 3 is 2.27 bits per heavy atom. The third-order valence-electron chi connectivity index (χ3n) is 8.71. The number of thioether (sulfide) groups is 1. The Bertz CT molecular complexity index is 1520. The number of hydrogen-bond acceptors (Lipinski definition) is 8. The summed E-state index contributed by atoms with van der Waals surface area (Å²) in [7, 11) is 0. The number of aliphatic carboxylic acids is 1. The van der Waals surface area contributed by atoms with Gasteiger partial charge >= 0.3 is 5.97 Å². The molecule has 1 aromatic heterocycles. The summed E-state index contributed by atoms with van der Waals surface area (Å²) in [5, 5.41) is 34.7. The monoisotopic (exact) mass is 686 g/mol. The lowest BCUT2D eigenvalue weighted by Gasteiger charge is -2.28. The minimum atomic E-state index is -1.51. The number of para-hydroxylation sites is 1. The standard InChI is InChI=1S/C33H46N6O8S/c1-16(2)13-23-29(43)34-17(3)27(41)39-26(18(4)40)31(45)37-25(33(46)47)15-48-32-21(20-11-7-8-12-22(20)38-32)14-24(30(44)36-23)35-28(42)19-9-5-6-10-19/h7-8,11-12,16-19,23-26,38,40H,5-6,9-10,13-15H2,1-4H3,(H,34,43)(H,35,42)(H,36,44)(H,37,45)(H,39,41)(H,46,47)/t17-,18-,23+,24+,25+,26+/m1/s1.